The van der Waals surface area contributed by atoms with Gasteiger partial charge in [0.05, 0.1) is 0 Å². The van der Waals surface area contributed by atoms with Gasteiger partial charge in [-0.25, -0.2) is 0 Å². The standard InChI is InChI=1S/C28H28N4O5.2ClH/c29-15-19-3-1-5-21(13-19)17-31-27(35)11-7-23(33)25-9-10-26(37-25)24(34)8-12-28(36)32-18-22-6-2-4-20(14-22)16-30;;/h1-6,9-10,13-14,23-24,33-34H,15-18,29-30H2,(H,31,35)(H,32,36);2*1H. The van der Waals surface area contributed by atoms with Crippen LogP contribution in [0, 0.1) is 23.7 Å². The maximum Gasteiger partial charge on any atom is 0.296 e. The monoisotopic (exact) mass is 572 g/mol. The van der Waals surface area contributed by atoms with E-state index in [4.69, 9.17) is 15.9 Å². The third kappa shape index (κ3) is 10.8. The molecule has 1 aromatic heterocycles. The largest absolute Gasteiger partial charge is 0.458 e. The lowest BCUT2D eigenvalue weighted by atomic mass is 10.1. The van der Waals surface area contributed by atoms with Crippen molar-refractivity contribution in [2.75, 3.05) is 0 Å². The molecule has 2 amide bonds. The van der Waals surface area contributed by atoms with Crippen LogP contribution in [0.1, 0.15) is 46.0 Å². The number of benzene rings is 2. The van der Waals surface area contributed by atoms with Gasteiger partial charge in [-0.2, -0.15) is 0 Å². The summed E-state index contributed by atoms with van der Waals surface area (Å²) in [5.74, 6) is 8.30. The molecule has 0 spiro atoms. The lowest BCUT2D eigenvalue weighted by molar-refractivity contribution is -0.116. The lowest BCUT2D eigenvalue weighted by Crippen LogP contribution is -2.21. The molecule has 0 saturated carbocycles. The minimum absolute atomic E-state index is 0. The average Bonchev–Trinajstić information content (AvgIpc) is 3.43. The number of halogens is 2. The first-order valence-electron chi connectivity index (χ1n) is 11.5. The molecule has 206 valence electrons. The summed E-state index contributed by atoms with van der Waals surface area (Å²) in [6.07, 6.45) is -2.79. The molecule has 3 aromatic rings. The van der Waals surface area contributed by atoms with Gasteiger partial charge in [0.1, 0.15) is 11.5 Å². The van der Waals surface area contributed by atoms with E-state index in [9.17, 15) is 19.8 Å². The highest BCUT2D eigenvalue weighted by atomic mass is 35.5. The van der Waals surface area contributed by atoms with Crippen LogP contribution in [-0.4, -0.2) is 22.0 Å². The van der Waals surface area contributed by atoms with Gasteiger partial charge in [-0.1, -0.05) is 60.4 Å². The van der Waals surface area contributed by atoms with Crippen molar-refractivity contribution in [1.29, 1.82) is 0 Å². The van der Waals surface area contributed by atoms with Crippen LogP contribution in [0.4, 0.5) is 0 Å². The molecule has 0 aliphatic heterocycles. The summed E-state index contributed by atoms with van der Waals surface area (Å²) in [7, 11) is 0. The van der Waals surface area contributed by atoms with Crippen LogP contribution in [0.3, 0.4) is 0 Å². The zero-order valence-electron chi connectivity index (χ0n) is 20.8. The van der Waals surface area contributed by atoms with E-state index in [1.807, 2.05) is 48.5 Å². The molecule has 0 aliphatic rings. The SMILES string of the molecule is Cl.Cl.NCc1cccc(CNC(=O)C#CC(O)c2ccc(C(O)C#CC(=O)NCc3cccc(CN)c3)o2)c1. The van der Waals surface area contributed by atoms with Crippen LogP contribution in [0.25, 0.3) is 0 Å². The maximum atomic E-state index is 12.0. The van der Waals surface area contributed by atoms with Gasteiger partial charge in [0.2, 0.25) is 0 Å². The van der Waals surface area contributed by atoms with Crippen molar-refractivity contribution in [2.45, 2.75) is 38.4 Å². The quantitative estimate of drug-likeness (QED) is 0.224. The van der Waals surface area contributed by atoms with Crippen molar-refractivity contribution in [3.8, 4) is 23.7 Å². The van der Waals surface area contributed by atoms with Crippen molar-refractivity contribution in [1.82, 2.24) is 10.6 Å². The Kier molecular flexibility index (Phi) is 14.4. The molecule has 0 fully saturated rings. The van der Waals surface area contributed by atoms with E-state index in [2.05, 4.69) is 34.3 Å². The van der Waals surface area contributed by atoms with Gasteiger partial charge >= 0.3 is 0 Å². The fraction of sp³-hybridized carbons (Fsp3) is 0.214. The average molecular weight is 573 g/mol. The number of amides is 2. The van der Waals surface area contributed by atoms with Crippen LogP contribution in [-0.2, 0) is 35.8 Å². The number of carbonyl (C=O) groups excluding carboxylic acids is 2. The number of rotatable bonds is 8. The Labute approximate surface area is 239 Å². The molecule has 0 radical (unpaired) electrons. The highest BCUT2D eigenvalue weighted by Gasteiger charge is 2.14. The smallest absolute Gasteiger partial charge is 0.296 e. The number of carbonyl (C=O) groups is 2. The van der Waals surface area contributed by atoms with E-state index < -0.39 is 24.0 Å². The van der Waals surface area contributed by atoms with Gasteiger partial charge in [0, 0.05) is 26.2 Å². The highest BCUT2D eigenvalue weighted by Crippen LogP contribution is 2.20. The highest BCUT2D eigenvalue weighted by molar-refractivity contribution is 5.94. The molecule has 0 bridgehead atoms. The minimum atomic E-state index is -1.40. The maximum absolute atomic E-state index is 12.0. The summed E-state index contributed by atoms with van der Waals surface area (Å²) < 4.78 is 5.39. The minimum Gasteiger partial charge on any atom is -0.458 e. The molecular formula is C28H30Cl2N4O5. The molecule has 8 N–H and O–H groups in total. The van der Waals surface area contributed by atoms with Gasteiger partial charge in [0.15, 0.2) is 12.2 Å². The number of nitrogens with two attached hydrogens (primary N) is 2. The summed E-state index contributed by atoms with van der Waals surface area (Å²) in [5, 5.41) is 25.7. The van der Waals surface area contributed by atoms with Crippen LogP contribution in [0.5, 0.6) is 0 Å². The zero-order chi connectivity index (χ0) is 26.6. The Bertz CT molecular complexity index is 1270. The Morgan fingerprint density at radius 2 is 1.10 bits per heavy atom. The van der Waals surface area contributed by atoms with E-state index in [-0.39, 0.29) is 49.4 Å². The van der Waals surface area contributed by atoms with Gasteiger partial charge in [0.25, 0.3) is 11.8 Å². The van der Waals surface area contributed by atoms with E-state index in [0.717, 1.165) is 22.3 Å². The molecule has 2 unspecified atom stereocenters. The second-order valence-corrected chi connectivity index (χ2v) is 8.00. The first-order chi connectivity index (χ1) is 17.9. The molecule has 0 aliphatic carbocycles. The summed E-state index contributed by atoms with van der Waals surface area (Å²) in [6.45, 7) is 1.33. The summed E-state index contributed by atoms with van der Waals surface area (Å²) in [4.78, 5) is 24.0. The number of aliphatic hydroxyl groups is 2. The van der Waals surface area contributed by atoms with Crippen LogP contribution in [0.2, 0.25) is 0 Å². The Morgan fingerprint density at radius 3 is 1.49 bits per heavy atom. The van der Waals surface area contributed by atoms with Gasteiger partial charge in [-0.05, 0) is 46.2 Å². The van der Waals surface area contributed by atoms with Gasteiger partial charge in [-0.15, -0.1) is 24.8 Å². The van der Waals surface area contributed by atoms with Gasteiger partial charge < -0.3 is 36.7 Å². The summed E-state index contributed by atoms with van der Waals surface area (Å²) in [6, 6.07) is 17.7. The van der Waals surface area contributed by atoms with Crippen molar-refractivity contribution in [3.63, 3.8) is 0 Å². The number of furan rings is 1. The fourth-order valence-corrected chi connectivity index (χ4v) is 3.26. The molecule has 2 aromatic carbocycles. The normalized spacial score (nSPS) is 11.2. The van der Waals surface area contributed by atoms with Crippen molar-refractivity contribution in [2.24, 2.45) is 11.5 Å². The predicted molar refractivity (Wildman–Crippen MR) is 151 cm³/mol. The van der Waals surface area contributed by atoms with Crippen LogP contribution in [0.15, 0.2) is 65.1 Å². The topological polar surface area (TPSA) is 164 Å². The van der Waals surface area contributed by atoms with E-state index in [1.165, 1.54) is 12.1 Å². The predicted octanol–water partition coefficient (Wildman–Crippen LogP) is 1.75. The molecule has 9 nitrogen and oxygen atoms in total. The Hall–Kier alpha value is -3.80. The summed E-state index contributed by atoms with van der Waals surface area (Å²) >= 11 is 0. The Balaban J connectivity index is 0.00000380. The molecular weight excluding hydrogens is 543 g/mol. The molecule has 11 heteroatoms. The number of hydrogen-bond donors (Lipinski definition) is 6. The number of hydrogen-bond acceptors (Lipinski definition) is 7. The third-order valence-corrected chi connectivity index (χ3v) is 5.19. The number of aliphatic hydroxyl groups excluding tert-OH is 2. The van der Waals surface area contributed by atoms with E-state index in [1.54, 1.807) is 0 Å². The third-order valence-electron chi connectivity index (χ3n) is 5.19. The van der Waals surface area contributed by atoms with E-state index in [0.29, 0.717) is 13.1 Å². The zero-order valence-corrected chi connectivity index (χ0v) is 22.5. The molecule has 3 rings (SSSR count). The van der Waals surface area contributed by atoms with E-state index >= 15 is 0 Å². The number of nitrogens with one attached hydrogen (secondary N) is 2. The van der Waals surface area contributed by atoms with Crippen LogP contribution < -0.4 is 22.1 Å². The van der Waals surface area contributed by atoms with Crippen molar-refractivity contribution >= 4 is 36.6 Å². The summed E-state index contributed by atoms with van der Waals surface area (Å²) in [5.41, 5.74) is 14.9. The fourth-order valence-electron chi connectivity index (χ4n) is 3.26. The first-order valence-corrected chi connectivity index (χ1v) is 11.5. The molecule has 0 saturated heterocycles. The molecule has 2 atom stereocenters. The second-order valence-electron chi connectivity index (χ2n) is 8.00. The lowest BCUT2D eigenvalue weighted by Gasteiger charge is -2.04. The van der Waals surface area contributed by atoms with Crippen LogP contribution >= 0.6 is 24.8 Å². The second kappa shape index (κ2) is 16.9. The van der Waals surface area contributed by atoms with Crippen molar-refractivity contribution < 1.29 is 24.2 Å². The first kappa shape index (κ1) is 33.2. The molecule has 39 heavy (non-hydrogen) atoms. The molecule has 1 heterocycles. The Morgan fingerprint density at radius 1 is 0.718 bits per heavy atom. The van der Waals surface area contributed by atoms with Gasteiger partial charge in [-0.3, -0.25) is 9.59 Å². The van der Waals surface area contributed by atoms with Crippen molar-refractivity contribution in [3.05, 3.63) is 94.4 Å².